The third-order valence-electron chi connectivity index (χ3n) is 1.79. The number of nitrogens with two attached hydrogens (primary N) is 1. The van der Waals surface area contributed by atoms with Gasteiger partial charge in [0.05, 0.1) is 6.61 Å². The first-order chi connectivity index (χ1) is 7.70. The molecular weight excluding hydrogens is 248 g/mol. The van der Waals surface area contributed by atoms with Crippen LogP contribution in [-0.2, 0) is 0 Å². The van der Waals surface area contributed by atoms with E-state index in [0.717, 1.165) is 11.5 Å². The number of halogens is 1. The number of nitrogens with zero attached hydrogens (tertiary/aromatic N) is 3. The summed E-state index contributed by atoms with van der Waals surface area (Å²) in [5, 5.41) is 0.703. The summed E-state index contributed by atoms with van der Waals surface area (Å²) in [5.41, 5.74) is 6.08. The monoisotopic (exact) mass is 256 g/mol. The normalized spacial score (nSPS) is 10.4. The molecule has 2 rings (SSSR count). The summed E-state index contributed by atoms with van der Waals surface area (Å²) in [6, 6.07) is 3.49. The molecule has 2 aromatic heterocycles. The average molecular weight is 257 g/mol. The molecule has 0 atom stereocenters. The Morgan fingerprint density at radius 2 is 2.25 bits per heavy atom. The topological polar surface area (TPSA) is 73.9 Å². The molecule has 2 heterocycles. The molecule has 7 heteroatoms. The minimum absolute atomic E-state index is 0.299. The Morgan fingerprint density at radius 1 is 1.44 bits per heavy atom. The maximum absolute atomic E-state index is 5.95. The van der Waals surface area contributed by atoms with E-state index in [1.54, 1.807) is 12.1 Å². The van der Waals surface area contributed by atoms with Crippen molar-refractivity contribution in [3.63, 3.8) is 0 Å². The fraction of sp³-hybridized carbons (Fsp3) is 0.222. The SMILES string of the molecule is CCOc1ccc(-c2nsc(N)n2)nc1Cl. The van der Waals surface area contributed by atoms with Crippen molar-refractivity contribution in [1.29, 1.82) is 0 Å². The second kappa shape index (κ2) is 4.63. The van der Waals surface area contributed by atoms with Crippen molar-refractivity contribution in [2.45, 2.75) is 6.92 Å². The van der Waals surface area contributed by atoms with Crippen molar-refractivity contribution in [1.82, 2.24) is 14.3 Å². The van der Waals surface area contributed by atoms with Gasteiger partial charge in [0.2, 0.25) is 0 Å². The molecule has 0 saturated heterocycles. The molecule has 2 N–H and O–H groups in total. The van der Waals surface area contributed by atoms with E-state index in [-0.39, 0.29) is 0 Å². The second-order valence-corrected chi connectivity index (χ2v) is 4.02. The number of nitrogen functional groups attached to an aromatic ring is 1. The van der Waals surface area contributed by atoms with Crippen LogP contribution in [0.15, 0.2) is 12.1 Å². The highest BCUT2D eigenvalue weighted by Gasteiger charge is 2.09. The van der Waals surface area contributed by atoms with E-state index in [1.807, 2.05) is 6.92 Å². The molecule has 0 amide bonds. The zero-order valence-electron chi connectivity index (χ0n) is 8.48. The van der Waals surface area contributed by atoms with Gasteiger partial charge in [0.25, 0.3) is 0 Å². The zero-order valence-corrected chi connectivity index (χ0v) is 10.0. The van der Waals surface area contributed by atoms with Gasteiger partial charge in [-0.15, -0.1) is 0 Å². The standard InChI is InChI=1S/C9H9ClN4OS/c1-2-15-6-4-3-5(12-7(6)10)8-13-9(11)16-14-8/h3-4H,2H2,1H3,(H2,11,13,14). The van der Waals surface area contributed by atoms with Gasteiger partial charge in [0, 0.05) is 11.5 Å². The summed E-state index contributed by atoms with van der Waals surface area (Å²) >= 11 is 7.07. The molecule has 2 aromatic rings. The van der Waals surface area contributed by atoms with Crippen molar-refractivity contribution in [2.75, 3.05) is 12.3 Å². The van der Waals surface area contributed by atoms with Crippen LogP contribution in [-0.4, -0.2) is 20.9 Å². The summed E-state index contributed by atoms with van der Waals surface area (Å²) in [7, 11) is 0. The molecule has 16 heavy (non-hydrogen) atoms. The van der Waals surface area contributed by atoms with Crippen LogP contribution in [0.5, 0.6) is 5.75 Å². The molecule has 0 spiro atoms. The van der Waals surface area contributed by atoms with E-state index in [1.165, 1.54) is 0 Å². The first kappa shape index (κ1) is 11.1. The summed E-state index contributed by atoms with van der Waals surface area (Å²) in [6.07, 6.45) is 0. The average Bonchev–Trinajstić information content (AvgIpc) is 2.68. The first-order valence-electron chi connectivity index (χ1n) is 4.59. The number of hydrogen-bond acceptors (Lipinski definition) is 6. The predicted octanol–water partition coefficient (Wildman–Crippen LogP) is 2.23. The minimum atomic E-state index is 0.299. The number of anilines is 1. The quantitative estimate of drug-likeness (QED) is 0.853. The van der Waals surface area contributed by atoms with E-state index in [0.29, 0.717) is 34.2 Å². The third kappa shape index (κ3) is 2.23. The lowest BCUT2D eigenvalue weighted by molar-refractivity contribution is 0.339. The van der Waals surface area contributed by atoms with E-state index >= 15 is 0 Å². The van der Waals surface area contributed by atoms with E-state index in [4.69, 9.17) is 22.1 Å². The largest absolute Gasteiger partial charge is 0.491 e. The Bertz CT molecular complexity index is 502. The fourth-order valence-corrected chi connectivity index (χ4v) is 1.80. The Kier molecular flexibility index (Phi) is 3.21. The summed E-state index contributed by atoms with van der Waals surface area (Å²) in [4.78, 5) is 8.16. The fourth-order valence-electron chi connectivity index (χ4n) is 1.15. The molecule has 0 radical (unpaired) electrons. The number of rotatable bonds is 3. The van der Waals surface area contributed by atoms with Crippen LogP contribution in [0.2, 0.25) is 5.15 Å². The van der Waals surface area contributed by atoms with Gasteiger partial charge < -0.3 is 10.5 Å². The maximum atomic E-state index is 5.95. The molecule has 0 bridgehead atoms. The van der Waals surface area contributed by atoms with Crippen LogP contribution in [0.4, 0.5) is 5.13 Å². The molecule has 84 valence electrons. The number of pyridine rings is 1. The highest BCUT2D eigenvalue weighted by Crippen LogP contribution is 2.26. The molecule has 0 saturated carbocycles. The molecule has 0 aliphatic rings. The molecule has 5 nitrogen and oxygen atoms in total. The Labute approximate surface area is 101 Å². The van der Waals surface area contributed by atoms with Crippen LogP contribution in [0.25, 0.3) is 11.5 Å². The Hall–Kier alpha value is -1.40. The van der Waals surface area contributed by atoms with E-state index < -0.39 is 0 Å². The van der Waals surface area contributed by atoms with E-state index in [9.17, 15) is 0 Å². The van der Waals surface area contributed by atoms with Gasteiger partial charge in [0.1, 0.15) is 5.69 Å². The number of ether oxygens (including phenoxy) is 1. The molecular formula is C9H9ClN4OS. The van der Waals surface area contributed by atoms with Crippen LogP contribution in [0.1, 0.15) is 6.92 Å². The van der Waals surface area contributed by atoms with Gasteiger partial charge in [-0.05, 0) is 19.1 Å². The van der Waals surface area contributed by atoms with Crippen LogP contribution < -0.4 is 10.5 Å². The smallest absolute Gasteiger partial charge is 0.200 e. The molecule has 0 fully saturated rings. The Balaban J connectivity index is 2.34. The lowest BCUT2D eigenvalue weighted by Crippen LogP contribution is -1.95. The zero-order chi connectivity index (χ0) is 11.5. The lowest BCUT2D eigenvalue weighted by Gasteiger charge is -2.04. The van der Waals surface area contributed by atoms with Crippen molar-refractivity contribution >= 4 is 28.3 Å². The highest BCUT2D eigenvalue weighted by molar-refractivity contribution is 7.09. The van der Waals surface area contributed by atoms with Crippen LogP contribution in [0.3, 0.4) is 0 Å². The maximum Gasteiger partial charge on any atom is 0.200 e. The van der Waals surface area contributed by atoms with Gasteiger partial charge in [-0.2, -0.15) is 9.36 Å². The van der Waals surface area contributed by atoms with Gasteiger partial charge >= 0.3 is 0 Å². The highest BCUT2D eigenvalue weighted by atomic mass is 35.5. The lowest BCUT2D eigenvalue weighted by atomic mass is 10.3. The molecule has 0 unspecified atom stereocenters. The second-order valence-electron chi connectivity index (χ2n) is 2.87. The van der Waals surface area contributed by atoms with Crippen molar-refractivity contribution < 1.29 is 4.74 Å². The van der Waals surface area contributed by atoms with Gasteiger partial charge in [0.15, 0.2) is 21.9 Å². The summed E-state index contributed by atoms with van der Waals surface area (Å²) in [6.45, 7) is 2.43. The van der Waals surface area contributed by atoms with Gasteiger partial charge in [-0.3, -0.25) is 0 Å². The first-order valence-corrected chi connectivity index (χ1v) is 5.74. The summed E-state index contributed by atoms with van der Waals surface area (Å²) < 4.78 is 9.32. The van der Waals surface area contributed by atoms with Crippen molar-refractivity contribution in [3.05, 3.63) is 17.3 Å². The summed E-state index contributed by atoms with van der Waals surface area (Å²) in [5.74, 6) is 1.03. The molecule has 0 aliphatic carbocycles. The van der Waals surface area contributed by atoms with E-state index in [2.05, 4.69) is 14.3 Å². The van der Waals surface area contributed by atoms with Crippen molar-refractivity contribution in [3.8, 4) is 17.3 Å². The van der Waals surface area contributed by atoms with Crippen LogP contribution >= 0.6 is 23.1 Å². The molecule has 0 aliphatic heterocycles. The van der Waals surface area contributed by atoms with Gasteiger partial charge in [-0.1, -0.05) is 11.6 Å². The van der Waals surface area contributed by atoms with Crippen molar-refractivity contribution in [2.24, 2.45) is 0 Å². The number of aromatic nitrogens is 3. The minimum Gasteiger partial charge on any atom is -0.491 e. The molecule has 0 aromatic carbocycles. The third-order valence-corrected chi connectivity index (χ3v) is 2.60. The predicted molar refractivity (Wildman–Crippen MR) is 63.7 cm³/mol. The Morgan fingerprint density at radius 3 is 2.81 bits per heavy atom. The van der Waals surface area contributed by atoms with Gasteiger partial charge in [-0.25, -0.2) is 4.98 Å². The number of hydrogen-bond donors (Lipinski definition) is 1. The van der Waals surface area contributed by atoms with Crippen LogP contribution in [0, 0.1) is 0 Å².